The zero-order valence-corrected chi connectivity index (χ0v) is 8.09. The second-order valence-electron chi connectivity index (χ2n) is 3.24. The van der Waals surface area contributed by atoms with Crippen LogP contribution >= 0.6 is 0 Å². The SMILES string of the molecule is Cc1ccc(/C=C\n2ccnc2)cc1. The van der Waals surface area contributed by atoms with Crippen molar-refractivity contribution in [2.75, 3.05) is 0 Å². The van der Waals surface area contributed by atoms with Crippen LogP contribution in [0.3, 0.4) is 0 Å². The van der Waals surface area contributed by atoms with Gasteiger partial charge in [-0.15, -0.1) is 0 Å². The molecule has 0 aliphatic heterocycles. The Hall–Kier alpha value is -1.83. The topological polar surface area (TPSA) is 17.8 Å². The van der Waals surface area contributed by atoms with Crippen molar-refractivity contribution >= 4 is 12.3 Å². The Kier molecular flexibility index (Phi) is 2.45. The molecule has 0 saturated heterocycles. The summed E-state index contributed by atoms with van der Waals surface area (Å²) in [5.74, 6) is 0. The van der Waals surface area contributed by atoms with Crippen molar-refractivity contribution in [1.29, 1.82) is 0 Å². The number of imidazole rings is 1. The zero-order chi connectivity index (χ0) is 9.80. The lowest BCUT2D eigenvalue weighted by Crippen LogP contribution is -1.79. The summed E-state index contributed by atoms with van der Waals surface area (Å²) in [5.41, 5.74) is 2.48. The molecule has 2 aromatic rings. The van der Waals surface area contributed by atoms with E-state index in [2.05, 4.69) is 42.2 Å². The number of rotatable bonds is 2. The van der Waals surface area contributed by atoms with Crippen molar-refractivity contribution in [3.8, 4) is 0 Å². The predicted octanol–water partition coefficient (Wildman–Crippen LogP) is 2.82. The number of benzene rings is 1. The molecule has 0 unspecified atom stereocenters. The van der Waals surface area contributed by atoms with Crippen molar-refractivity contribution in [3.63, 3.8) is 0 Å². The van der Waals surface area contributed by atoms with E-state index in [0.29, 0.717) is 0 Å². The van der Waals surface area contributed by atoms with E-state index in [4.69, 9.17) is 0 Å². The molecule has 0 N–H and O–H groups in total. The van der Waals surface area contributed by atoms with Gasteiger partial charge in [-0.25, -0.2) is 4.98 Å². The maximum atomic E-state index is 3.96. The van der Waals surface area contributed by atoms with Gasteiger partial charge in [-0.3, -0.25) is 0 Å². The molecule has 1 aromatic heterocycles. The standard InChI is InChI=1S/C12H12N2/c1-11-2-4-12(5-3-11)6-8-14-9-7-13-10-14/h2-10H,1H3/b8-6-. The number of aryl methyl sites for hydroxylation is 1. The average molecular weight is 184 g/mol. The molecule has 0 fully saturated rings. The number of nitrogens with zero attached hydrogens (tertiary/aromatic N) is 2. The first-order valence-electron chi connectivity index (χ1n) is 4.57. The Labute approximate surface area is 83.5 Å². The maximum Gasteiger partial charge on any atom is 0.0986 e. The first-order chi connectivity index (χ1) is 6.84. The fraction of sp³-hybridized carbons (Fsp3) is 0.0833. The lowest BCUT2D eigenvalue weighted by atomic mass is 10.1. The second kappa shape index (κ2) is 3.92. The van der Waals surface area contributed by atoms with Crippen molar-refractivity contribution in [3.05, 3.63) is 54.1 Å². The molecule has 0 atom stereocenters. The van der Waals surface area contributed by atoms with E-state index in [1.54, 1.807) is 12.5 Å². The van der Waals surface area contributed by atoms with E-state index < -0.39 is 0 Å². The summed E-state index contributed by atoms with van der Waals surface area (Å²) >= 11 is 0. The number of hydrogen-bond donors (Lipinski definition) is 0. The summed E-state index contributed by atoms with van der Waals surface area (Å²) in [6, 6.07) is 8.41. The Morgan fingerprint density at radius 2 is 2.00 bits per heavy atom. The molecule has 0 spiro atoms. The summed E-state index contributed by atoms with van der Waals surface area (Å²) in [6.07, 6.45) is 9.48. The van der Waals surface area contributed by atoms with Gasteiger partial charge in [0.15, 0.2) is 0 Å². The van der Waals surface area contributed by atoms with Gasteiger partial charge in [-0.2, -0.15) is 0 Å². The highest BCUT2D eigenvalue weighted by Crippen LogP contribution is 2.05. The largest absolute Gasteiger partial charge is 0.313 e. The van der Waals surface area contributed by atoms with Crippen LogP contribution in [0.15, 0.2) is 43.0 Å². The molecule has 0 aliphatic carbocycles. The smallest absolute Gasteiger partial charge is 0.0986 e. The van der Waals surface area contributed by atoms with Crippen LogP contribution in [0.5, 0.6) is 0 Å². The third-order valence-corrected chi connectivity index (χ3v) is 2.04. The second-order valence-corrected chi connectivity index (χ2v) is 3.24. The first kappa shape index (κ1) is 8.75. The van der Waals surface area contributed by atoms with Gasteiger partial charge in [0, 0.05) is 18.6 Å². The summed E-state index contributed by atoms with van der Waals surface area (Å²) in [7, 11) is 0. The van der Waals surface area contributed by atoms with Gasteiger partial charge in [0.05, 0.1) is 6.33 Å². The lowest BCUT2D eigenvalue weighted by molar-refractivity contribution is 1.14. The Balaban J connectivity index is 2.15. The van der Waals surface area contributed by atoms with Gasteiger partial charge < -0.3 is 4.57 Å². The Morgan fingerprint density at radius 3 is 2.64 bits per heavy atom. The van der Waals surface area contributed by atoms with Crippen LogP contribution < -0.4 is 0 Å². The monoisotopic (exact) mass is 184 g/mol. The van der Waals surface area contributed by atoms with Crippen molar-refractivity contribution in [2.24, 2.45) is 0 Å². The van der Waals surface area contributed by atoms with Gasteiger partial charge in [0.1, 0.15) is 0 Å². The van der Waals surface area contributed by atoms with Gasteiger partial charge in [-0.1, -0.05) is 29.8 Å². The van der Waals surface area contributed by atoms with Crippen LogP contribution in [0.2, 0.25) is 0 Å². The summed E-state index contributed by atoms with van der Waals surface area (Å²) in [6.45, 7) is 2.09. The highest BCUT2D eigenvalue weighted by Gasteiger charge is 1.86. The molecule has 2 heteroatoms. The number of aromatic nitrogens is 2. The Morgan fingerprint density at radius 1 is 1.21 bits per heavy atom. The Bertz CT molecular complexity index is 410. The minimum Gasteiger partial charge on any atom is -0.313 e. The molecule has 0 aliphatic rings. The third kappa shape index (κ3) is 2.10. The minimum absolute atomic E-state index is 1.20. The van der Waals surface area contributed by atoms with E-state index in [-0.39, 0.29) is 0 Å². The molecule has 70 valence electrons. The van der Waals surface area contributed by atoms with Crippen LogP contribution in [-0.4, -0.2) is 9.55 Å². The van der Waals surface area contributed by atoms with Crippen molar-refractivity contribution in [2.45, 2.75) is 6.92 Å². The van der Waals surface area contributed by atoms with Crippen LogP contribution in [0.25, 0.3) is 12.3 Å². The molecule has 0 bridgehead atoms. The quantitative estimate of drug-likeness (QED) is 0.701. The average Bonchev–Trinajstić information content (AvgIpc) is 2.70. The molecule has 1 aromatic carbocycles. The normalized spacial score (nSPS) is 10.9. The van der Waals surface area contributed by atoms with Gasteiger partial charge in [0.2, 0.25) is 0 Å². The molecule has 0 radical (unpaired) electrons. The fourth-order valence-electron chi connectivity index (χ4n) is 1.21. The first-order valence-corrected chi connectivity index (χ1v) is 4.57. The number of hydrogen-bond acceptors (Lipinski definition) is 1. The van der Waals surface area contributed by atoms with E-state index in [0.717, 1.165) is 0 Å². The third-order valence-electron chi connectivity index (χ3n) is 2.04. The molecular weight excluding hydrogens is 172 g/mol. The van der Waals surface area contributed by atoms with E-state index >= 15 is 0 Å². The summed E-state index contributed by atoms with van der Waals surface area (Å²) in [5, 5.41) is 0. The fourth-order valence-corrected chi connectivity index (χ4v) is 1.21. The molecule has 14 heavy (non-hydrogen) atoms. The van der Waals surface area contributed by atoms with Crippen LogP contribution in [0, 0.1) is 6.92 Å². The molecule has 2 nitrogen and oxygen atoms in total. The van der Waals surface area contributed by atoms with E-state index in [9.17, 15) is 0 Å². The van der Waals surface area contributed by atoms with Crippen molar-refractivity contribution < 1.29 is 0 Å². The van der Waals surface area contributed by atoms with E-state index in [1.807, 2.05) is 17.0 Å². The minimum atomic E-state index is 1.20. The van der Waals surface area contributed by atoms with E-state index in [1.165, 1.54) is 11.1 Å². The van der Waals surface area contributed by atoms with Crippen molar-refractivity contribution in [1.82, 2.24) is 9.55 Å². The van der Waals surface area contributed by atoms with Crippen LogP contribution in [0.4, 0.5) is 0 Å². The molecule has 0 amide bonds. The molecular formula is C12H12N2. The highest BCUT2D eigenvalue weighted by molar-refractivity contribution is 5.60. The van der Waals surface area contributed by atoms with Gasteiger partial charge in [0.25, 0.3) is 0 Å². The van der Waals surface area contributed by atoms with Gasteiger partial charge >= 0.3 is 0 Å². The summed E-state index contributed by atoms with van der Waals surface area (Å²) in [4.78, 5) is 3.96. The zero-order valence-electron chi connectivity index (χ0n) is 8.09. The highest BCUT2D eigenvalue weighted by atomic mass is 15.0. The van der Waals surface area contributed by atoms with Gasteiger partial charge in [-0.05, 0) is 18.6 Å². The van der Waals surface area contributed by atoms with Crippen LogP contribution in [0.1, 0.15) is 11.1 Å². The summed E-state index contributed by atoms with van der Waals surface area (Å²) < 4.78 is 1.92. The lowest BCUT2D eigenvalue weighted by Gasteiger charge is -1.94. The maximum absolute atomic E-state index is 3.96. The molecule has 2 rings (SSSR count). The predicted molar refractivity (Wildman–Crippen MR) is 58.6 cm³/mol. The molecule has 1 heterocycles. The van der Waals surface area contributed by atoms with Crippen LogP contribution in [-0.2, 0) is 0 Å². The molecule has 0 saturated carbocycles.